The van der Waals surface area contributed by atoms with E-state index >= 15 is 0 Å². The van der Waals surface area contributed by atoms with Gasteiger partial charge in [0, 0.05) is 18.2 Å². The van der Waals surface area contributed by atoms with Crippen molar-refractivity contribution in [3.8, 4) is 6.07 Å². The quantitative estimate of drug-likeness (QED) is 0.492. The first kappa shape index (κ1) is 15.4. The molecule has 9 nitrogen and oxygen atoms in total. The van der Waals surface area contributed by atoms with Gasteiger partial charge in [-0.1, -0.05) is 0 Å². The Morgan fingerprint density at radius 1 is 1.48 bits per heavy atom. The fourth-order valence-electron chi connectivity index (χ4n) is 2.20. The number of hydrogen-bond donors (Lipinski definition) is 4. The van der Waals surface area contributed by atoms with E-state index < -0.39 is 36.8 Å². The Bertz CT molecular complexity index is 611. The number of nitriles is 1. The van der Waals surface area contributed by atoms with Crippen molar-refractivity contribution in [1.29, 1.82) is 5.26 Å². The molecule has 2 heterocycles. The van der Waals surface area contributed by atoms with Crippen molar-refractivity contribution in [3.05, 3.63) is 22.2 Å². The molecule has 9 heteroatoms. The molecular weight excluding hydrogens is 280 g/mol. The smallest absolute Gasteiger partial charge is 0.351 e. The van der Waals surface area contributed by atoms with Gasteiger partial charge in [-0.3, -0.25) is 4.57 Å². The number of nitrogen functional groups attached to an aromatic ring is 1. The van der Waals surface area contributed by atoms with E-state index in [0.717, 1.165) is 4.57 Å². The second-order valence-electron chi connectivity index (χ2n) is 4.73. The van der Waals surface area contributed by atoms with Gasteiger partial charge >= 0.3 is 5.69 Å². The second-order valence-corrected chi connectivity index (χ2v) is 4.73. The fraction of sp³-hybridized carbons (Fsp3) is 0.583. The van der Waals surface area contributed by atoms with E-state index in [9.17, 15) is 15.0 Å². The van der Waals surface area contributed by atoms with Crippen molar-refractivity contribution in [1.82, 2.24) is 9.55 Å². The maximum Gasteiger partial charge on any atom is 0.351 e. The average molecular weight is 296 g/mol. The molecule has 114 valence electrons. The summed E-state index contributed by atoms with van der Waals surface area (Å²) in [6.45, 7) is -0.493. The van der Waals surface area contributed by atoms with E-state index in [4.69, 9.17) is 20.8 Å². The Kier molecular flexibility index (Phi) is 4.54. The zero-order valence-corrected chi connectivity index (χ0v) is 11.1. The van der Waals surface area contributed by atoms with Crippen LogP contribution in [0.25, 0.3) is 0 Å². The zero-order valence-electron chi connectivity index (χ0n) is 11.1. The summed E-state index contributed by atoms with van der Waals surface area (Å²) in [7, 11) is 0. The predicted molar refractivity (Wildman–Crippen MR) is 69.9 cm³/mol. The molecular formula is C12H16N4O5. The van der Waals surface area contributed by atoms with Crippen LogP contribution in [-0.2, 0) is 11.2 Å². The van der Waals surface area contributed by atoms with Crippen LogP contribution in [0.2, 0.25) is 0 Å². The van der Waals surface area contributed by atoms with Crippen molar-refractivity contribution in [3.63, 3.8) is 0 Å². The third-order valence-electron chi connectivity index (χ3n) is 3.36. The van der Waals surface area contributed by atoms with Crippen molar-refractivity contribution in [2.24, 2.45) is 0 Å². The monoisotopic (exact) mass is 296 g/mol. The Balaban J connectivity index is 2.36. The van der Waals surface area contributed by atoms with E-state index in [-0.39, 0.29) is 12.2 Å². The Labute approximate surface area is 119 Å². The molecule has 0 spiro atoms. The van der Waals surface area contributed by atoms with Crippen molar-refractivity contribution in [2.75, 3.05) is 12.3 Å². The third kappa shape index (κ3) is 2.88. The minimum atomic E-state index is -1.38. The van der Waals surface area contributed by atoms with Crippen LogP contribution in [0.15, 0.2) is 11.0 Å². The number of aliphatic hydroxyl groups excluding tert-OH is 3. The molecule has 0 aromatic carbocycles. The van der Waals surface area contributed by atoms with Crippen LogP contribution < -0.4 is 11.4 Å². The molecule has 1 fully saturated rings. The summed E-state index contributed by atoms with van der Waals surface area (Å²) in [5, 5.41) is 37.3. The number of hydrogen-bond acceptors (Lipinski definition) is 8. The summed E-state index contributed by atoms with van der Waals surface area (Å²) >= 11 is 0. The molecule has 0 amide bonds. The fourth-order valence-corrected chi connectivity index (χ4v) is 2.20. The molecule has 0 saturated carbocycles. The number of aryl methyl sites for hydroxylation is 1. The third-order valence-corrected chi connectivity index (χ3v) is 3.36. The van der Waals surface area contributed by atoms with E-state index in [0.29, 0.717) is 12.0 Å². The Hall–Kier alpha value is -1.99. The minimum Gasteiger partial charge on any atom is -0.394 e. The first-order valence-corrected chi connectivity index (χ1v) is 6.36. The average Bonchev–Trinajstić information content (AvgIpc) is 2.74. The highest BCUT2D eigenvalue weighted by atomic mass is 16.6. The van der Waals surface area contributed by atoms with Gasteiger partial charge in [0.15, 0.2) is 6.23 Å². The molecule has 0 bridgehead atoms. The van der Waals surface area contributed by atoms with Gasteiger partial charge in [-0.05, 0) is 6.42 Å². The lowest BCUT2D eigenvalue weighted by Crippen LogP contribution is -2.36. The van der Waals surface area contributed by atoms with Gasteiger partial charge in [-0.15, -0.1) is 0 Å². The number of rotatable bonds is 4. The lowest BCUT2D eigenvalue weighted by Gasteiger charge is -2.18. The van der Waals surface area contributed by atoms with Gasteiger partial charge in [0.2, 0.25) is 0 Å². The van der Waals surface area contributed by atoms with Gasteiger partial charge in [-0.2, -0.15) is 10.2 Å². The van der Waals surface area contributed by atoms with E-state index in [1.807, 2.05) is 6.07 Å². The summed E-state index contributed by atoms with van der Waals surface area (Å²) in [5.41, 5.74) is 5.34. The molecule has 0 radical (unpaired) electrons. The highest BCUT2D eigenvalue weighted by Crippen LogP contribution is 2.28. The largest absolute Gasteiger partial charge is 0.394 e. The SMILES string of the molecule is N#CCCc1cn([C@@H]2O[C@H](CO)[C@@H](O)[C@H]2O)c(=O)nc1N. The normalized spacial score (nSPS) is 28.5. The Morgan fingerprint density at radius 3 is 2.76 bits per heavy atom. The summed E-state index contributed by atoms with van der Waals surface area (Å²) < 4.78 is 6.28. The summed E-state index contributed by atoms with van der Waals surface area (Å²) in [5.74, 6) is 0.0123. The number of ether oxygens (including phenoxy) is 1. The highest BCUT2D eigenvalue weighted by Gasteiger charge is 2.43. The molecule has 4 atom stereocenters. The maximum atomic E-state index is 11.9. The Morgan fingerprint density at radius 2 is 2.19 bits per heavy atom. The molecule has 2 rings (SSSR count). The van der Waals surface area contributed by atoms with Crippen LogP contribution in [0.4, 0.5) is 5.82 Å². The number of aromatic nitrogens is 2. The molecule has 5 N–H and O–H groups in total. The number of nitrogens with zero attached hydrogens (tertiary/aromatic N) is 3. The first-order valence-electron chi connectivity index (χ1n) is 6.36. The topological polar surface area (TPSA) is 155 Å². The van der Waals surface area contributed by atoms with Crippen molar-refractivity contribution in [2.45, 2.75) is 37.4 Å². The molecule has 1 aromatic rings. The molecule has 1 aliphatic heterocycles. The molecule has 21 heavy (non-hydrogen) atoms. The maximum absolute atomic E-state index is 11.9. The van der Waals surface area contributed by atoms with Crippen LogP contribution >= 0.6 is 0 Å². The van der Waals surface area contributed by atoms with Crippen LogP contribution in [0, 0.1) is 11.3 Å². The molecule has 1 saturated heterocycles. The number of nitrogens with two attached hydrogens (primary N) is 1. The van der Waals surface area contributed by atoms with Gasteiger partial charge in [0.25, 0.3) is 0 Å². The van der Waals surface area contributed by atoms with Crippen LogP contribution in [0.1, 0.15) is 18.2 Å². The lowest BCUT2D eigenvalue weighted by atomic mass is 10.1. The van der Waals surface area contributed by atoms with Crippen LogP contribution in [0.3, 0.4) is 0 Å². The van der Waals surface area contributed by atoms with Gasteiger partial charge in [0.1, 0.15) is 24.1 Å². The van der Waals surface area contributed by atoms with Crippen molar-refractivity contribution >= 4 is 5.82 Å². The highest BCUT2D eigenvalue weighted by molar-refractivity contribution is 5.37. The molecule has 1 aliphatic rings. The van der Waals surface area contributed by atoms with E-state index in [1.165, 1.54) is 6.20 Å². The van der Waals surface area contributed by atoms with Gasteiger partial charge < -0.3 is 25.8 Å². The van der Waals surface area contributed by atoms with E-state index in [2.05, 4.69) is 4.98 Å². The van der Waals surface area contributed by atoms with Crippen LogP contribution in [-0.4, -0.2) is 49.8 Å². The summed E-state index contributed by atoms with van der Waals surface area (Å²) in [6.07, 6.45) is -3.01. The minimum absolute atomic E-state index is 0.0123. The standard InChI is InChI=1S/C12H16N4O5/c13-3-1-2-6-4-16(12(20)15-10(6)14)11-9(19)8(18)7(5-17)21-11/h4,7-9,11,17-19H,1-2,5H2,(H2,14,15,20)/t7-,8-,9-,11-/m1/s1. The lowest BCUT2D eigenvalue weighted by molar-refractivity contribution is -0.0550. The second kappa shape index (κ2) is 6.19. The molecule has 1 aromatic heterocycles. The van der Waals surface area contributed by atoms with E-state index in [1.54, 1.807) is 0 Å². The summed E-state index contributed by atoms with van der Waals surface area (Å²) in [4.78, 5) is 15.5. The zero-order chi connectivity index (χ0) is 15.6. The van der Waals surface area contributed by atoms with Gasteiger partial charge in [0.05, 0.1) is 12.7 Å². The summed E-state index contributed by atoms with van der Waals surface area (Å²) in [6, 6.07) is 1.95. The van der Waals surface area contributed by atoms with Crippen molar-refractivity contribution < 1.29 is 20.1 Å². The van der Waals surface area contributed by atoms with Crippen LogP contribution in [0.5, 0.6) is 0 Å². The molecule has 0 unspecified atom stereocenters. The van der Waals surface area contributed by atoms with Gasteiger partial charge in [-0.25, -0.2) is 4.79 Å². The number of aliphatic hydroxyl groups is 3. The molecule has 0 aliphatic carbocycles. The number of anilines is 1. The first-order chi connectivity index (χ1) is 9.99. The predicted octanol–water partition coefficient (Wildman–Crippen LogP) is -2.11.